The molecule has 0 aromatic heterocycles. The zero-order valence-corrected chi connectivity index (χ0v) is 13.1. The van der Waals surface area contributed by atoms with Crippen LogP contribution in [0.5, 0.6) is 0 Å². The molecule has 1 aromatic rings. The van der Waals surface area contributed by atoms with Gasteiger partial charge in [-0.15, -0.1) is 0 Å². The molecule has 0 aliphatic rings. The van der Waals surface area contributed by atoms with Crippen LogP contribution in [0.1, 0.15) is 39.2 Å². The van der Waals surface area contributed by atoms with Crippen molar-refractivity contribution in [2.45, 2.75) is 52.2 Å². The van der Waals surface area contributed by atoms with Crippen LogP contribution in [0.3, 0.4) is 0 Å². The van der Waals surface area contributed by atoms with Crippen molar-refractivity contribution in [2.75, 3.05) is 0 Å². The Morgan fingerprint density at radius 2 is 1.76 bits per heavy atom. The lowest BCUT2D eigenvalue weighted by atomic mass is 10.1. The summed E-state index contributed by atoms with van der Waals surface area (Å²) in [6.07, 6.45) is 0.134. The van der Waals surface area contributed by atoms with Gasteiger partial charge in [0, 0.05) is 6.42 Å². The highest BCUT2D eigenvalue weighted by atomic mass is 16.6. The highest BCUT2D eigenvalue weighted by Crippen LogP contribution is 2.09. The van der Waals surface area contributed by atoms with Gasteiger partial charge in [-0.3, -0.25) is 9.59 Å². The third kappa shape index (κ3) is 11.6. The second-order valence-electron chi connectivity index (χ2n) is 5.72. The molecule has 5 nitrogen and oxygen atoms in total. The van der Waals surface area contributed by atoms with E-state index < -0.39 is 23.6 Å². The molecule has 3 N–H and O–H groups in total. The molecule has 0 spiro atoms. The monoisotopic (exact) mass is 295 g/mol. The Labute approximate surface area is 126 Å². The van der Waals surface area contributed by atoms with Crippen molar-refractivity contribution < 1.29 is 19.4 Å². The Hall–Kier alpha value is -1.88. The van der Waals surface area contributed by atoms with Crippen LogP contribution in [0.4, 0.5) is 0 Å². The van der Waals surface area contributed by atoms with Crippen LogP contribution < -0.4 is 5.73 Å². The highest BCUT2D eigenvalue weighted by molar-refractivity contribution is 5.75. The Balaban J connectivity index is 0.000000471. The molecule has 0 aliphatic carbocycles. The van der Waals surface area contributed by atoms with Crippen molar-refractivity contribution >= 4 is 11.9 Å². The lowest BCUT2D eigenvalue weighted by Gasteiger charge is -2.19. The van der Waals surface area contributed by atoms with Crippen molar-refractivity contribution in [2.24, 2.45) is 5.73 Å². The number of rotatable bonds is 4. The third-order valence-electron chi connectivity index (χ3n) is 2.34. The Morgan fingerprint density at radius 1 is 1.24 bits per heavy atom. The van der Waals surface area contributed by atoms with Crippen LogP contribution >= 0.6 is 0 Å². The summed E-state index contributed by atoms with van der Waals surface area (Å²) in [6.45, 7) is 7.34. The minimum atomic E-state index is -1.10. The van der Waals surface area contributed by atoms with Gasteiger partial charge in [-0.05, 0) is 34.1 Å². The van der Waals surface area contributed by atoms with Gasteiger partial charge in [0.1, 0.15) is 11.6 Å². The van der Waals surface area contributed by atoms with E-state index in [2.05, 4.69) is 19.1 Å². The average molecular weight is 295 g/mol. The van der Waals surface area contributed by atoms with E-state index in [1.807, 2.05) is 18.2 Å². The lowest BCUT2D eigenvalue weighted by molar-refractivity contribution is -0.155. The summed E-state index contributed by atoms with van der Waals surface area (Å²) in [5.74, 6) is -1.53. The number of aliphatic carboxylic acids is 1. The number of hydrogen-bond acceptors (Lipinski definition) is 4. The minimum Gasteiger partial charge on any atom is -0.480 e. The molecule has 0 saturated heterocycles. The van der Waals surface area contributed by atoms with Gasteiger partial charge >= 0.3 is 11.9 Å². The van der Waals surface area contributed by atoms with E-state index in [1.54, 1.807) is 20.8 Å². The fraction of sp³-hybridized carbons (Fsp3) is 0.500. The molecule has 0 aliphatic heterocycles. The number of ether oxygens (including phenoxy) is 1. The second kappa shape index (κ2) is 9.13. The number of nitrogens with two attached hydrogens (primary N) is 1. The van der Waals surface area contributed by atoms with Gasteiger partial charge in [0.15, 0.2) is 0 Å². The van der Waals surface area contributed by atoms with Gasteiger partial charge in [-0.1, -0.05) is 35.9 Å². The number of carboxylic acids is 1. The molecule has 1 rings (SSSR count). The first kappa shape index (κ1) is 19.1. The standard InChI is InChI=1S/C9H17NO4.C7H8/c1-9(2,3)14-7(11)5-4-6(10)8(12)13;1-7-5-3-2-4-6-7/h6H,4-5,10H2,1-3H3,(H,12,13);2-6H,1H3. The molecule has 0 saturated carbocycles. The van der Waals surface area contributed by atoms with Gasteiger partial charge in [-0.2, -0.15) is 0 Å². The van der Waals surface area contributed by atoms with E-state index in [0.29, 0.717) is 0 Å². The maximum Gasteiger partial charge on any atom is 0.320 e. The molecule has 0 bridgehead atoms. The number of aryl methyl sites for hydroxylation is 1. The molecule has 5 heteroatoms. The molecule has 0 radical (unpaired) electrons. The highest BCUT2D eigenvalue weighted by Gasteiger charge is 2.18. The van der Waals surface area contributed by atoms with Gasteiger partial charge in [0.05, 0.1) is 0 Å². The van der Waals surface area contributed by atoms with Crippen LogP contribution in [-0.2, 0) is 14.3 Å². The largest absolute Gasteiger partial charge is 0.480 e. The molecular formula is C16H25NO4. The fourth-order valence-corrected chi connectivity index (χ4v) is 1.32. The van der Waals surface area contributed by atoms with Gasteiger partial charge in [-0.25, -0.2) is 0 Å². The summed E-state index contributed by atoms with van der Waals surface area (Å²) in [4.78, 5) is 21.4. The smallest absolute Gasteiger partial charge is 0.320 e. The molecule has 0 heterocycles. The molecular weight excluding hydrogens is 270 g/mol. The van der Waals surface area contributed by atoms with E-state index in [-0.39, 0.29) is 12.8 Å². The predicted molar refractivity (Wildman–Crippen MR) is 81.9 cm³/mol. The zero-order valence-electron chi connectivity index (χ0n) is 13.1. The van der Waals surface area contributed by atoms with E-state index >= 15 is 0 Å². The first-order chi connectivity index (χ1) is 9.61. The van der Waals surface area contributed by atoms with Crippen LogP contribution in [0.2, 0.25) is 0 Å². The lowest BCUT2D eigenvalue weighted by Crippen LogP contribution is -2.31. The van der Waals surface area contributed by atoms with Crippen molar-refractivity contribution in [1.82, 2.24) is 0 Å². The average Bonchev–Trinajstić information content (AvgIpc) is 2.35. The number of hydrogen-bond donors (Lipinski definition) is 2. The summed E-state index contributed by atoms with van der Waals surface area (Å²) in [5.41, 5.74) is 6.01. The maximum absolute atomic E-state index is 11.1. The van der Waals surface area contributed by atoms with Crippen molar-refractivity contribution in [3.63, 3.8) is 0 Å². The van der Waals surface area contributed by atoms with Crippen molar-refractivity contribution in [1.29, 1.82) is 0 Å². The number of esters is 1. The first-order valence-corrected chi connectivity index (χ1v) is 6.83. The quantitative estimate of drug-likeness (QED) is 0.833. The summed E-state index contributed by atoms with van der Waals surface area (Å²) >= 11 is 0. The molecule has 1 aromatic carbocycles. The van der Waals surface area contributed by atoms with Crippen LogP contribution in [0, 0.1) is 6.92 Å². The minimum absolute atomic E-state index is 0.0325. The summed E-state index contributed by atoms with van der Waals surface area (Å²) in [7, 11) is 0. The van der Waals surface area contributed by atoms with E-state index in [4.69, 9.17) is 15.6 Å². The van der Waals surface area contributed by atoms with Crippen molar-refractivity contribution in [3.8, 4) is 0 Å². The number of carbonyl (C=O) groups excluding carboxylic acids is 1. The molecule has 118 valence electrons. The number of benzene rings is 1. The molecule has 1 atom stereocenters. The number of carbonyl (C=O) groups is 2. The Bertz CT molecular complexity index is 437. The van der Waals surface area contributed by atoms with Crippen LogP contribution in [0.15, 0.2) is 30.3 Å². The summed E-state index contributed by atoms with van der Waals surface area (Å²) in [6, 6.07) is 9.26. The number of carboxylic acid groups (broad SMARTS) is 1. The fourth-order valence-electron chi connectivity index (χ4n) is 1.32. The molecule has 21 heavy (non-hydrogen) atoms. The summed E-state index contributed by atoms with van der Waals surface area (Å²) < 4.78 is 4.98. The van der Waals surface area contributed by atoms with Gasteiger partial charge < -0.3 is 15.6 Å². The molecule has 1 unspecified atom stereocenters. The van der Waals surface area contributed by atoms with Gasteiger partial charge in [0.2, 0.25) is 0 Å². The van der Waals surface area contributed by atoms with Crippen molar-refractivity contribution in [3.05, 3.63) is 35.9 Å². The van der Waals surface area contributed by atoms with E-state index in [0.717, 1.165) is 0 Å². The molecule has 0 fully saturated rings. The predicted octanol–water partition coefficient (Wildman–Crippen LogP) is 2.52. The zero-order chi connectivity index (χ0) is 16.5. The van der Waals surface area contributed by atoms with Crippen LogP contribution in [-0.4, -0.2) is 28.7 Å². The SMILES string of the molecule is CC(C)(C)OC(=O)CCC(N)C(=O)O.Cc1ccccc1. The topological polar surface area (TPSA) is 89.6 Å². The Morgan fingerprint density at radius 3 is 2.10 bits per heavy atom. The normalized spacial score (nSPS) is 11.9. The summed E-state index contributed by atoms with van der Waals surface area (Å²) in [5, 5.41) is 8.45. The van der Waals surface area contributed by atoms with Crippen LogP contribution in [0.25, 0.3) is 0 Å². The van der Waals surface area contributed by atoms with E-state index in [9.17, 15) is 9.59 Å². The Kier molecular flexibility index (Phi) is 8.31. The first-order valence-electron chi connectivity index (χ1n) is 6.83. The maximum atomic E-state index is 11.1. The van der Waals surface area contributed by atoms with Gasteiger partial charge in [0.25, 0.3) is 0 Å². The second-order valence-corrected chi connectivity index (χ2v) is 5.72. The molecule has 0 amide bonds. The van der Waals surface area contributed by atoms with E-state index in [1.165, 1.54) is 5.56 Å². The third-order valence-corrected chi connectivity index (χ3v) is 2.34.